The second kappa shape index (κ2) is 7.14. The lowest BCUT2D eigenvalue weighted by molar-refractivity contribution is 0.255. The SMILES string of the molecule is Cc1ccc(/C=C/NC(=O)Nc2c(C)cc(C)cc2Cl)cc1. The van der Waals surface area contributed by atoms with E-state index in [4.69, 9.17) is 11.6 Å². The average molecular weight is 315 g/mol. The molecule has 0 aliphatic rings. The van der Waals surface area contributed by atoms with E-state index in [-0.39, 0.29) is 6.03 Å². The molecular formula is C18H19ClN2O. The van der Waals surface area contributed by atoms with Crippen LogP contribution in [0.2, 0.25) is 5.02 Å². The number of rotatable bonds is 3. The predicted octanol–water partition coefficient (Wildman–Crippen LogP) is 5.06. The van der Waals surface area contributed by atoms with Gasteiger partial charge in [0.05, 0.1) is 10.7 Å². The van der Waals surface area contributed by atoms with E-state index < -0.39 is 0 Å². The Morgan fingerprint density at radius 2 is 1.73 bits per heavy atom. The number of benzene rings is 2. The highest BCUT2D eigenvalue weighted by Crippen LogP contribution is 2.27. The van der Waals surface area contributed by atoms with Crippen molar-refractivity contribution in [1.82, 2.24) is 5.32 Å². The molecule has 3 nitrogen and oxygen atoms in total. The average Bonchev–Trinajstić information content (AvgIpc) is 2.45. The molecule has 0 radical (unpaired) electrons. The molecule has 0 heterocycles. The molecule has 2 aromatic rings. The van der Waals surface area contributed by atoms with Crippen LogP contribution in [0, 0.1) is 20.8 Å². The number of carbonyl (C=O) groups excluding carboxylic acids is 1. The number of amides is 2. The van der Waals surface area contributed by atoms with Gasteiger partial charge in [-0.25, -0.2) is 4.79 Å². The van der Waals surface area contributed by atoms with E-state index in [1.54, 1.807) is 6.20 Å². The molecule has 0 fully saturated rings. The van der Waals surface area contributed by atoms with E-state index in [0.29, 0.717) is 10.7 Å². The van der Waals surface area contributed by atoms with E-state index in [1.807, 2.05) is 63.2 Å². The molecule has 114 valence electrons. The summed E-state index contributed by atoms with van der Waals surface area (Å²) in [5, 5.41) is 5.98. The molecule has 0 spiro atoms. The number of hydrogen-bond donors (Lipinski definition) is 2. The standard InChI is InChI=1S/C18H19ClN2O/c1-12-4-6-15(7-5-12)8-9-20-18(22)21-17-14(3)10-13(2)11-16(17)19/h4-11H,1-3H3,(H2,20,21,22)/b9-8+. The lowest BCUT2D eigenvalue weighted by atomic mass is 10.1. The minimum Gasteiger partial charge on any atom is -0.314 e. The fraction of sp³-hybridized carbons (Fsp3) is 0.167. The van der Waals surface area contributed by atoms with Gasteiger partial charge in [-0.2, -0.15) is 0 Å². The Morgan fingerprint density at radius 1 is 1.05 bits per heavy atom. The summed E-state index contributed by atoms with van der Waals surface area (Å²) in [5.74, 6) is 0. The van der Waals surface area contributed by atoms with Gasteiger partial charge in [0.25, 0.3) is 0 Å². The first-order chi connectivity index (χ1) is 10.5. The van der Waals surface area contributed by atoms with E-state index in [0.717, 1.165) is 16.7 Å². The van der Waals surface area contributed by atoms with Gasteiger partial charge >= 0.3 is 6.03 Å². The van der Waals surface area contributed by atoms with Gasteiger partial charge in [-0.05, 0) is 49.6 Å². The quantitative estimate of drug-likeness (QED) is 0.817. The van der Waals surface area contributed by atoms with Crippen LogP contribution in [0.4, 0.5) is 10.5 Å². The van der Waals surface area contributed by atoms with E-state index in [1.165, 1.54) is 5.56 Å². The maximum atomic E-state index is 11.9. The third-order valence-electron chi connectivity index (χ3n) is 3.24. The summed E-state index contributed by atoms with van der Waals surface area (Å²) in [6.07, 6.45) is 3.44. The zero-order valence-corrected chi connectivity index (χ0v) is 13.7. The van der Waals surface area contributed by atoms with Crippen molar-refractivity contribution in [2.45, 2.75) is 20.8 Å². The Bertz CT molecular complexity index is 683. The maximum Gasteiger partial charge on any atom is 0.323 e. The molecule has 0 bridgehead atoms. The zero-order valence-electron chi connectivity index (χ0n) is 12.9. The van der Waals surface area contributed by atoms with Crippen molar-refractivity contribution in [1.29, 1.82) is 0 Å². The molecular weight excluding hydrogens is 296 g/mol. The summed E-state index contributed by atoms with van der Waals surface area (Å²) in [6, 6.07) is 11.5. The van der Waals surface area contributed by atoms with Crippen LogP contribution >= 0.6 is 11.6 Å². The van der Waals surface area contributed by atoms with Gasteiger partial charge in [0.1, 0.15) is 0 Å². The largest absolute Gasteiger partial charge is 0.323 e. The molecule has 0 saturated carbocycles. The number of carbonyl (C=O) groups is 1. The summed E-state index contributed by atoms with van der Waals surface area (Å²) in [5.41, 5.74) is 4.85. The highest BCUT2D eigenvalue weighted by atomic mass is 35.5. The highest BCUT2D eigenvalue weighted by molar-refractivity contribution is 6.34. The van der Waals surface area contributed by atoms with Crippen LogP contribution in [-0.4, -0.2) is 6.03 Å². The first-order valence-corrected chi connectivity index (χ1v) is 7.41. The molecule has 2 amide bonds. The Hall–Kier alpha value is -2.26. The van der Waals surface area contributed by atoms with Gasteiger partial charge in [0.2, 0.25) is 0 Å². The van der Waals surface area contributed by atoms with Crippen molar-refractivity contribution < 1.29 is 4.79 Å². The Morgan fingerprint density at radius 3 is 2.36 bits per heavy atom. The summed E-state index contributed by atoms with van der Waals surface area (Å²) in [7, 11) is 0. The number of hydrogen-bond acceptors (Lipinski definition) is 1. The molecule has 4 heteroatoms. The smallest absolute Gasteiger partial charge is 0.314 e. The van der Waals surface area contributed by atoms with Crippen LogP contribution in [0.5, 0.6) is 0 Å². The van der Waals surface area contributed by atoms with Crippen LogP contribution in [0.15, 0.2) is 42.6 Å². The lowest BCUT2D eigenvalue weighted by Gasteiger charge is -2.11. The number of anilines is 1. The van der Waals surface area contributed by atoms with Crippen molar-refractivity contribution in [2.75, 3.05) is 5.32 Å². The monoisotopic (exact) mass is 314 g/mol. The fourth-order valence-corrected chi connectivity index (χ4v) is 2.48. The first-order valence-electron chi connectivity index (χ1n) is 7.03. The third kappa shape index (κ3) is 4.37. The van der Waals surface area contributed by atoms with Gasteiger partial charge in [-0.15, -0.1) is 0 Å². The summed E-state index contributed by atoms with van der Waals surface area (Å²) in [6.45, 7) is 5.91. The highest BCUT2D eigenvalue weighted by Gasteiger charge is 2.08. The second-order valence-corrected chi connectivity index (χ2v) is 5.69. The van der Waals surface area contributed by atoms with Gasteiger partial charge in [-0.3, -0.25) is 0 Å². The number of nitrogens with one attached hydrogen (secondary N) is 2. The van der Waals surface area contributed by atoms with E-state index in [2.05, 4.69) is 10.6 Å². The molecule has 0 unspecified atom stereocenters. The second-order valence-electron chi connectivity index (χ2n) is 5.28. The number of halogens is 1. The molecule has 2 aromatic carbocycles. The zero-order chi connectivity index (χ0) is 16.1. The molecule has 0 saturated heterocycles. The Kier molecular flexibility index (Phi) is 5.23. The molecule has 0 atom stereocenters. The Labute approximate surface area is 136 Å². The van der Waals surface area contributed by atoms with Gasteiger partial charge in [0.15, 0.2) is 0 Å². The van der Waals surface area contributed by atoms with Crippen LogP contribution in [0.3, 0.4) is 0 Å². The van der Waals surface area contributed by atoms with E-state index >= 15 is 0 Å². The molecule has 2 N–H and O–H groups in total. The number of aryl methyl sites for hydroxylation is 3. The van der Waals surface area contributed by atoms with E-state index in [9.17, 15) is 4.79 Å². The minimum atomic E-state index is -0.322. The van der Waals surface area contributed by atoms with Crippen LogP contribution in [-0.2, 0) is 0 Å². The minimum absolute atomic E-state index is 0.322. The van der Waals surface area contributed by atoms with Crippen LogP contribution in [0.25, 0.3) is 6.08 Å². The van der Waals surface area contributed by atoms with Crippen molar-refractivity contribution in [3.63, 3.8) is 0 Å². The molecule has 0 aromatic heterocycles. The first kappa shape index (κ1) is 16.1. The Balaban J connectivity index is 1.97. The predicted molar refractivity (Wildman–Crippen MR) is 93.3 cm³/mol. The van der Waals surface area contributed by atoms with Crippen LogP contribution < -0.4 is 10.6 Å². The van der Waals surface area contributed by atoms with Gasteiger partial charge < -0.3 is 10.6 Å². The maximum absolute atomic E-state index is 11.9. The third-order valence-corrected chi connectivity index (χ3v) is 3.54. The van der Waals surface area contributed by atoms with Gasteiger partial charge in [-0.1, -0.05) is 47.5 Å². The van der Waals surface area contributed by atoms with Gasteiger partial charge in [0, 0.05) is 6.20 Å². The van der Waals surface area contributed by atoms with Crippen molar-refractivity contribution >= 4 is 29.4 Å². The summed E-state index contributed by atoms with van der Waals surface area (Å²) in [4.78, 5) is 11.9. The van der Waals surface area contributed by atoms with Crippen LogP contribution in [0.1, 0.15) is 22.3 Å². The molecule has 2 rings (SSSR count). The number of urea groups is 1. The summed E-state index contributed by atoms with van der Waals surface area (Å²) < 4.78 is 0. The van der Waals surface area contributed by atoms with Crippen molar-refractivity contribution in [3.8, 4) is 0 Å². The van der Waals surface area contributed by atoms with Crippen molar-refractivity contribution in [3.05, 3.63) is 69.9 Å². The molecule has 0 aliphatic heterocycles. The fourth-order valence-electron chi connectivity index (χ4n) is 2.11. The van der Waals surface area contributed by atoms with Crippen molar-refractivity contribution in [2.24, 2.45) is 0 Å². The normalized spacial score (nSPS) is 10.7. The summed E-state index contributed by atoms with van der Waals surface area (Å²) >= 11 is 6.16. The molecule has 22 heavy (non-hydrogen) atoms. The topological polar surface area (TPSA) is 41.1 Å². The molecule has 0 aliphatic carbocycles. The lowest BCUT2D eigenvalue weighted by Crippen LogP contribution is -2.24.